The van der Waals surface area contributed by atoms with Gasteiger partial charge in [-0.15, -0.1) is 0 Å². The minimum atomic E-state index is -0.541. The summed E-state index contributed by atoms with van der Waals surface area (Å²) in [6, 6.07) is 8.03. The van der Waals surface area contributed by atoms with E-state index in [1.807, 2.05) is 0 Å². The molecule has 0 N–H and O–H groups in total. The number of esters is 1. The van der Waals surface area contributed by atoms with Crippen molar-refractivity contribution in [2.24, 2.45) is 0 Å². The second kappa shape index (κ2) is 5.83. The Bertz CT molecular complexity index is 812. The van der Waals surface area contributed by atoms with Crippen molar-refractivity contribution in [1.82, 2.24) is 0 Å². The number of ether oxygens (including phenoxy) is 2. The molecule has 0 radical (unpaired) electrons. The van der Waals surface area contributed by atoms with E-state index in [2.05, 4.69) is 0 Å². The third-order valence-electron chi connectivity index (χ3n) is 3.62. The predicted octanol–water partition coefficient (Wildman–Crippen LogP) is 3.96. The molecular formula is C18H14F2O3. The van der Waals surface area contributed by atoms with Crippen molar-refractivity contribution in [3.05, 3.63) is 70.8 Å². The molecule has 118 valence electrons. The van der Waals surface area contributed by atoms with Crippen LogP contribution in [0.5, 0.6) is 5.75 Å². The van der Waals surface area contributed by atoms with Gasteiger partial charge in [0, 0.05) is 11.1 Å². The van der Waals surface area contributed by atoms with Crippen molar-refractivity contribution < 1.29 is 23.0 Å². The normalized spacial score (nSPS) is 16.2. The van der Waals surface area contributed by atoms with Crippen LogP contribution in [-0.4, -0.2) is 19.2 Å². The average Bonchev–Trinajstić information content (AvgIpc) is 2.55. The van der Waals surface area contributed by atoms with E-state index in [1.54, 1.807) is 31.2 Å². The van der Waals surface area contributed by atoms with Crippen LogP contribution in [-0.2, 0) is 4.74 Å². The first-order valence-corrected chi connectivity index (χ1v) is 7.06. The molecule has 0 spiro atoms. The standard InChI is InChI=1S/C18H14F2O3/c1-10-7-13(14-9-12(19)4-5-16(14)20)15-8-11(18(21)22-2)3-6-17(15)23-10/h3-10H,1-2H3. The van der Waals surface area contributed by atoms with Gasteiger partial charge in [0.15, 0.2) is 0 Å². The molecule has 2 aromatic rings. The summed E-state index contributed by atoms with van der Waals surface area (Å²) in [6.45, 7) is 1.80. The van der Waals surface area contributed by atoms with Gasteiger partial charge in [-0.05, 0) is 55.0 Å². The Balaban J connectivity index is 2.18. The molecule has 1 aliphatic rings. The molecule has 1 heterocycles. The zero-order chi connectivity index (χ0) is 16.6. The summed E-state index contributed by atoms with van der Waals surface area (Å²) in [4.78, 5) is 11.7. The Morgan fingerprint density at radius 1 is 1.13 bits per heavy atom. The highest BCUT2D eigenvalue weighted by Crippen LogP contribution is 2.37. The van der Waals surface area contributed by atoms with Crippen LogP contribution in [0.2, 0.25) is 0 Å². The highest BCUT2D eigenvalue weighted by atomic mass is 19.1. The largest absolute Gasteiger partial charge is 0.486 e. The Hall–Kier alpha value is -2.69. The zero-order valence-electron chi connectivity index (χ0n) is 12.6. The van der Waals surface area contributed by atoms with E-state index in [4.69, 9.17) is 9.47 Å². The van der Waals surface area contributed by atoms with Crippen LogP contribution < -0.4 is 4.74 Å². The van der Waals surface area contributed by atoms with E-state index in [-0.39, 0.29) is 11.7 Å². The maximum atomic E-state index is 14.2. The lowest BCUT2D eigenvalue weighted by Crippen LogP contribution is -2.16. The average molecular weight is 316 g/mol. The zero-order valence-corrected chi connectivity index (χ0v) is 12.6. The van der Waals surface area contributed by atoms with Gasteiger partial charge in [0.25, 0.3) is 0 Å². The van der Waals surface area contributed by atoms with Crippen LogP contribution in [0.1, 0.15) is 28.4 Å². The fourth-order valence-electron chi connectivity index (χ4n) is 2.59. The summed E-state index contributed by atoms with van der Waals surface area (Å²) in [5.41, 5.74) is 1.45. The van der Waals surface area contributed by atoms with Gasteiger partial charge in [-0.25, -0.2) is 13.6 Å². The van der Waals surface area contributed by atoms with Gasteiger partial charge >= 0.3 is 5.97 Å². The number of benzene rings is 2. The van der Waals surface area contributed by atoms with Crippen LogP contribution in [0.3, 0.4) is 0 Å². The molecule has 23 heavy (non-hydrogen) atoms. The molecule has 0 aromatic heterocycles. The highest BCUT2D eigenvalue weighted by Gasteiger charge is 2.23. The number of halogens is 2. The SMILES string of the molecule is COC(=O)c1ccc2c(c1)C(c1cc(F)ccc1F)=CC(C)O2. The molecule has 1 atom stereocenters. The van der Waals surface area contributed by atoms with Gasteiger partial charge in [0.1, 0.15) is 23.5 Å². The van der Waals surface area contributed by atoms with Crippen LogP contribution in [0.4, 0.5) is 8.78 Å². The number of fused-ring (bicyclic) bond motifs is 1. The summed E-state index contributed by atoms with van der Waals surface area (Å²) in [5, 5.41) is 0. The van der Waals surface area contributed by atoms with Crippen LogP contribution >= 0.6 is 0 Å². The lowest BCUT2D eigenvalue weighted by molar-refractivity contribution is 0.0600. The minimum Gasteiger partial charge on any atom is -0.486 e. The van der Waals surface area contributed by atoms with Gasteiger partial charge in [0.2, 0.25) is 0 Å². The van der Waals surface area contributed by atoms with Gasteiger partial charge in [-0.2, -0.15) is 0 Å². The van der Waals surface area contributed by atoms with E-state index in [0.717, 1.165) is 18.2 Å². The molecule has 0 aliphatic carbocycles. The summed E-state index contributed by atoms with van der Waals surface area (Å²) in [7, 11) is 1.28. The monoisotopic (exact) mass is 316 g/mol. The number of rotatable bonds is 2. The first kappa shape index (κ1) is 15.2. The van der Waals surface area contributed by atoms with E-state index < -0.39 is 17.6 Å². The fourth-order valence-corrected chi connectivity index (χ4v) is 2.59. The number of carbonyl (C=O) groups is 1. The van der Waals surface area contributed by atoms with Crippen molar-refractivity contribution in [1.29, 1.82) is 0 Å². The van der Waals surface area contributed by atoms with Crippen LogP contribution in [0.15, 0.2) is 42.5 Å². The molecule has 0 fully saturated rings. The molecule has 0 amide bonds. The van der Waals surface area contributed by atoms with Crippen LogP contribution in [0, 0.1) is 11.6 Å². The maximum Gasteiger partial charge on any atom is 0.337 e. The molecule has 3 nitrogen and oxygen atoms in total. The molecule has 2 aromatic carbocycles. The maximum absolute atomic E-state index is 14.2. The number of hydrogen-bond donors (Lipinski definition) is 0. The molecule has 0 saturated heterocycles. The molecule has 1 aliphatic heterocycles. The topological polar surface area (TPSA) is 35.5 Å². The summed E-state index contributed by atoms with van der Waals surface area (Å²) in [5.74, 6) is -1.08. The van der Waals surface area contributed by atoms with Gasteiger partial charge in [-0.3, -0.25) is 0 Å². The Morgan fingerprint density at radius 3 is 2.65 bits per heavy atom. The van der Waals surface area contributed by atoms with Crippen molar-refractivity contribution in [2.75, 3.05) is 7.11 Å². The quantitative estimate of drug-likeness (QED) is 0.787. The molecule has 5 heteroatoms. The third-order valence-corrected chi connectivity index (χ3v) is 3.62. The Kier molecular flexibility index (Phi) is 3.86. The van der Waals surface area contributed by atoms with E-state index in [1.165, 1.54) is 7.11 Å². The molecule has 0 bridgehead atoms. The number of hydrogen-bond acceptors (Lipinski definition) is 3. The summed E-state index contributed by atoms with van der Waals surface area (Å²) in [6.07, 6.45) is 1.39. The molecular weight excluding hydrogens is 302 g/mol. The lowest BCUT2D eigenvalue weighted by atomic mass is 9.92. The molecule has 0 saturated carbocycles. The highest BCUT2D eigenvalue weighted by molar-refractivity contribution is 5.93. The lowest BCUT2D eigenvalue weighted by Gasteiger charge is -2.24. The summed E-state index contributed by atoms with van der Waals surface area (Å²) < 4.78 is 38.1. The Morgan fingerprint density at radius 2 is 1.91 bits per heavy atom. The predicted molar refractivity (Wildman–Crippen MR) is 81.3 cm³/mol. The van der Waals surface area contributed by atoms with Crippen molar-refractivity contribution in [2.45, 2.75) is 13.0 Å². The van der Waals surface area contributed by atoms with Gasteiger partial charge < -0.3 is 9.47 Å². The first-order valence-electron chi connectivity index (χ1n) is 7.06. The van der Waals surface area contributed by atoms with Gasteiger partial charge in [0.05, 0.1) is 12.7 Å². The van der Waals surface area contributed by atoms with Crippen molar-refractivity contribution in [3.63, 3.8) is 0 Å². The molecule has 1 unspecified atom stereocenters. The number of carbonyl (C=O) groups excluding carboxylic acids is 1. The fraction of sp³-hybridized carbons (Fsp3) is 0.167. The second-order valence-corrected chi connectivity index (χ2v) is 5.23. The van der Waals surface area contributed by atoms with E-state index >= 15 is 0 Å². The minimum absolute atomic E-state index is 0.128. The second-order valence-electron chi connectivity index (χ2n) is 5.23. The van der Waals surface area contributed by atoms with Crippen molar-refractivity contribution in [3.8, 4) is 5.75 Å². The number of methoxy groups -OCH3 is 1. The first-order chi connectivity index (χ1) is 11.0. The van der Waals surface area contributed by atoms with Gasteiger partial charge in [-0.1, -0.05) is 0 Å². The smallest absolute Gasteiger partial charge is 0.337 e. The van der Waals surface area contributed by atoms with E-state index in [0.29, 0.717) is 22.4 Å². The Labute approximate surface area is 132 Å². The van der Waals surface area contributed by atoms with Crippen LogP contribution in [0.25, 0.3) is 5.57 Å². The third kappa shape index (κ3) is 2.82. The molecule has 3 rings (SSSR count). The summed E-state index contributed by atoms with van der Waals surface area (Å²) >= 11 is 0. The van der Waals surface area contributed by atoms with E-state index in [9.17, 15) is 13.6 Å². The van der Waals surface area contributed by atoms with Crippen molar-refractivity contribution >= 4 is 11.5 Å².